The lowest BCUT2D eigenvalue weighted by Crippen LogP contribution is -2.05. The third-order valence-corrected chi connectivity index (χ3v) is 3.07. The molecule has 3 rings (SSSR count). The zero-order chi connectivity index (χ0) is 15.7. The summed E-state index contributed by atoms with van der Waals surface area (Å²) >= 11 is 0. The van der Waals surface area contributed by atoms with E-state index in [1.54, 1.807) is 28.9 Å². The lowest BCUT2D eigenvalue weighted by atomic mass is 10.2. The third-order valence-electron chi connectivity index (χ3n) is 3.07. The van der Waals surface area contributed by atoms with Crippen molar-refractivity contribution in [3.63, 3.8) is 0 Å². The van der Waals surface area contributed by atoms with Gasteiger partial charge in [0.1, 0.15) is 18.0 Å². The summed E-state index contributed by atoms with van der Waals surface area (Å²) in [5.41, 5.74) is 6.81. The highest BCUT2D eigenvalue weighted by Crippen LogP contribution is 2.31. The van der Waals surface area contributed by atoms with Crippen molar-refractivity contribution < 1.29 is 17.9 Å². The van der Waals surface area contributed by atoms with Crippen LogP contribution in [0.25, 0.3) is 5.65 Å². The van der Waals surface area contributed by atoms with Crippen LogP contribution in [0.1, 0.15) is 11.3 Å². The quantitative estimate of drug-likeness (QED) is 0.805. The number of halogens is 3. The zero-order valence-corrected chi connectivity index (χ0v) is 11.3. The van der Waals surface area contributed by atoms with Crippen molar-refractivity contribution in [1.82, 2.24) is 9.38 Å². The van der Waals surface area contributed by atoms with E-state index in [0.29, 0.717) is 17.0 Å². The van der Waals surface area contributed by atoms with E-state index in [1.165, 1.54) is 12.1 Å². The molecule has 2 N–H and O–H groups in total. The van der Waals surface area contributed by atoms with Gasteiger partial charge in [0, 0.05) is 18.1 Å². The van der Waals surface area contributed by atoms with E-state index in [2.05, 4.69) is 4.98 Å². The first-order chi connectivity index (χ1) is 10.4. The number of benzene rings is 1. The highest BCUT2D eigenvalue weighted by atomic mass is 19.4. The van der Waals surface area contributed by atoms with Gasteiger partial charge in [-0.3, -0.25) is 0 Å². The number of fused-ring (bicyclic) bond motifs is 1. The van der Waals surface area contributed by atoms with Crippen molar-refractivity contribution in [3.8, 4) is 5.75 Å². The van der Waals surface area contributed by atoms with Gasteiger partial charge in [-0.25, -0.2) is 4.98 Å². The van der Waals surface area contributed by atoms with Crippen LogP contribution in [0.5, 0.6) is 5.75 Å². The van der Waals surface area contributed by atoms with Crippen LogP contribution in [0.3, 0.4) is 0 Å². The van der Waals surface area contributed by atoms with Gasteiger partial charge in [0.15, 0.2) is 0 Å². The summed E-state index contributed by atoms with van der Waals surface area (Å²) in [5.74, 6) is 0.145. The minimum absolute atomic E-state index is 0.0723. The maximum Gasteiger partial charge on any atom is 0.416 e. The molecule has 0 aliphatic heterocycles. The number of alkyl halides is 3. The van der Waals surface area contributed by atoms with E-state index in [1.807, 2.05) is 0 Å². The molecule has 7 heteroatoms. The van der Waals surface area contributed by atoms with Crippen LogP contribution in [0.4, 0.5) is 18.9 Å². The highest BCUT2D eigenvalue weighted by molar-refractivity contribution is 5.48. The summed E-state index contributed by atoms with van der Waals surface area (Å²) in [6.07, 6.45) is -0.963. The fraction of sp³-hybridized carbons (Fsp3) is 0.133. The Morgan fingerprint density at radius 2 is 1.95 bits per heavy atom. The fourth-order valence-electron chi connectivity index (χ4n) is 2.05. The van der Waals surface area contributed by atoms with Crippen LogP contribution in [-0.4, -0.2) is 9.38 Å². The SMILES string of the molecule is Nc1ccc2nc(COc3cccc(C(F)(F)F)c3)cn2c1. The number of hydrogen-bond donors (Lipinski definition) is 1. The number of pyridine rings is 1. The van der Waals surface area contributed by atoms with E-state index in [0.717, 1.165) is 12.1 Å². The van der Waals surface area contributed by atoms with Gasteiger partial charge in [0.05, 0.1) is 11.3 Å². The Morgan fingerprint density at radius 3 is 2.73 bits per heavy atom. The Kier molecular flexibility index (Phi) is 3.40. The van der Waals surface area contributed by atoms with E-state index < -0.39 is 11.7 Å². The maximum absolute atomic E-state index is 12.6. The second-order valence-electron chi connectivity index (χ2n) is 4.77. The van der Waals surface area contributed by atoms with E-state index >= 15 is 0 Å². The van der Waals surface area contributed by atoms with Gasteiger partial charge in [-0.2, -0.15) is 13.2 Å². The summed E-state index contributed by atoms with van der Waals surface area (Å²) in [4.78, 5) is 4.30. The molecule has 0 atom stereocenters. The van der Waals surface area contributed by atoms with E-state index in [9.17, 15) is 13.2 Å². The lowest BCUT2D eigenvalue weighted by Gasteiger charge is -2.09. The van der Waals surface area contributed by atoms with Gasteiger partial charge >= 0.3 is 6.18 Å². The molecule has 1 aromatic carbocycles. The molecule has 0 spiro atoms. The molecule has 0 saturated heterocycles. The number of nitrogens with zero attached hydrogens (tertiary/aromatic N) is 2. The van der Waals surface area contributed by atoms with Crippen molar-refractivity contribution in [2.45, 2.75) is 12.8 Å². The van der Waals surface area contributed by atoms with E-state index in [4.69, 9.17) is 10.5 Å². The highest BCUT2D eigenvalue weighted by Gasteiger charge is 2.30. The fourth-order valence-corrected chi connectivity index (χ4v) is 2.05. The molecule has 4 nitrogen and oxygen atoms in total. The monoisotopic (exact) mass is 307 g/mol. The number of rotatable bonds is 3. The predicted molar refractivity (Wildman–Crippen MR) is 75.4 cm³/mol. The number of hydrogen-bond acceptors (Lipinski definition) is 3. The zero-order valence-electron chi connectivity index (χ0n) is 11.3. The average molecular weight is 307 g/mol. The van der Waals surface area contributed by atoms with Gasteiger partial charge in [-0.15, -0.1) is 0 Å². The molecule has 2 aromatic heterocycles. The van der Waals surface area contributed by atoms with Crippen LogP contribution in [0.15, 0.2) is 48.8 Å². The largest absolute Gasteiger partial charge is 0.487 e. The summed E-state index contributed by atoms with van der Waals surface area (Å²) in [6, 6.07) is 8.22. The molecular weight excluding hydrogens is 295 g/mol. The Bertz CT molecular complexity index is 811. The Hall–Kier alpha value is -2.70. The molecule has 0 amide bonds. The van der Waals surface area contributed by atoms with Crippen molar-refractivity contribution in [1.29, 1.82) is 0 Å². The topological polar surface area (TPSA) is 52.5 Å². The minimum Gasteiger partial charge on any atom is -0.487 e. The standard InChI is InChI=1S/C15H12F3N3O/c16-15(17,18)10-2-1-3-13(6-10)22-9-12-8-21-7-11(19)4-5-14(21)20-12/h1-8H,9,19H2. The first kappa shape index (κ1) is 14.2. The summed E-state index contributed by atoms with van der Waals surface area (Å²) in [7, 11) is 0. The lowest BCUT2D eigenvalue weighted by molar-refractivity contribution is -0.137. The average Bonchev–Trinajstić information content (AvgIpc) is 2.86. The number of aromatic nitrogens is 2. The van der Waals surface area contributed by atoms with Crippen LogP contribution >= 0.6 is 0 Å². The summed E-state index contributed by atoms with van der Waals surface area (Å²) in [6.45, 7) is 0.0723. The Morgan fingerprint density at radius 1 is 1.14 bits per heavy atom. The van der Waals surface area contributed by atoms with E-state index in [-0.39, 0.29) is 12.4 Å². The van der Waals surface area contributed by atoms with Crippen LogP contribution in [0.2, 0.25) is 0 Å². The number of nitrogen functional groups attached to an aromatic ring is 1. The molecule has 0 aliphatic rings. The molecule has 22 heavy (non-hydrogen) atoms. The van der Waals surface area contributed by atoms with Crippen LogP contribution in [-0.2, 0) is 12.8 Å². The molecule has 0 aliphatic carbocycles. The van der Waals surface area contributed by atoms with Gasteiger partial charge in [0.2, 0.25) is 0 Å². The number of nitrogens with two attached hydrogens (primary N) is 1. The molecule has 0 saturated carbocycles. The van der Waals surface area contributed by atoms with Crippen molar-refractivity contribution in [2.24, 2.45) is 0 Å². The molecule has 0 bridgehead atoms. The Labute approximate surface area is 124 Å². The number of anilines is 1. The predicted octanol–water partition coefficient (Wildman–Crippen LogP) is 3.51. The minimum atomic E-state index is -4.39. The second kappa shape index (κ2) is 5.25. The molecule has 0 unspecified atom stereocenters. The number of ether oxygens (including phenoxy) is 1. The molecule has 0 fully saturated rings. The summed E-state index contributed by atoms with van der Waals surface area (Å²) in [5, 5.41) is 0. The van der Waals surface area contributed by atoms with Crippen molar-refractivity contribution >= 4 is 11.3 Å². The first-order valence-electron chi connectivity index (χ1n) is 6.45. The summed E-state index contributed by atoms with van der Waals surface area (Å²) < 4.78 is 45.0. The van der Waals surface area contributed by atoms with Crippen LogP contribution < -0.4 is 10.5 Å². The first-order valence-corrected chi connectivity index (χ1v) is 6.45. The number of imidazole rings is 1. The van der Waals surface area contributed by atoms with Gasteiger partial charge in [-0.05, 0) is 30.3 Å². The second-order valence-corrected chi connectivity index (χ2v) is 4.77. The molecule has 2 heterocycles. The molecule has 3 aromatic rings. The normalized spacial score (nSPS) is 11.8. The van der Waals surface area contributed by atoms with Crippen LogP contribution in [0, 0.1) is 0 Å². The molecule has 114 valence electrons. The van der Waals surface area contributed by atoms with Crippen molar-refractivity contribution in [2.75, 3.05) is 5.73 Å². The van der Waals surface area contributed by atoms with Gasteiger partial charge in [0.25, 0.3) is 0 Å². The van der Waals surface area contributed by atoms with Gasteiger partial charge in [-0.1, -0.05) is 6.07 Å². The smallest absolute Gasteiger partial charge is 0.416 e. The van der Waals surface area contributed by atoms with Crippen molar-refractivity contribution in [3.05, 3.63) is 60.0 Å². The molecule has 0 radical (unpaired) electrons. The third kappa shape index (κ3) is 2.98. The van der Waals surface area contributed by atoms with Gasteiger partial charge < -0.3 is 14.9 Å². The Balaban J connectivity index is 1.76. The molecular formula is C15H12F3N3O. The maximum atomic E-state index is 12.6.